The highest BCUT2D eigenvalue weighted by Gasteiger charge is 2.37. The average Bonchev–Trinajstić information content (AvgIpc) is 3.35. The van der Waals surface area contributed by atoms with Gasteiger partial charge in [0.15, 0.2) is 11.5 Å². The molecule has 9 heteroatoms. The molecule has 1 aliphatic heterocycles. The molecule has 3 aromatic rings. The molecule has 2 aliphatic rings. The van der Waals surface area contributed by atoms with Crippen molar-refractivity contribution < 1.29 is 28.5 Å². The van der Waals surface area contributed by atoms with Crippen LogP contribution < -0.4 is 29.6 Å². The normalized spacial score (nSPS) is 18.1. The Balaban J connectivity index is 1.30. The molecule has 2 aromatic carbocycles. The quantitative estimate of drug-likeness (QED) is 0.242. The predicted octanol–water partition coefficient (Wildman–Crippen LogP) is 6.39. The molecule has 0 bridgehead atoms. The molecule has 2 heterocycles. The standard InChI is InChI=1S/C31H36N2O6S/c1-7-31(2,3)19-10-13-21-24(16-19)40-29-25(21)28(34)32-27(33-29)17-8-11-20(12-9-17)39-30(35)18-14-22(36-4)26(38-6)23(15-18)37-5/h8-9,11-12,14-15,19,27,33H,7,10,13,16H2,1-6H3,(H,32,34). The van der Waals surface area contributed by atoms with E-state index in [1.165, 1.54) is 31.8 Å². The zero-order valence-electron chi connectivity index (χ0n) is 23.8. The van der Waals surface area contributed by atoms with Crippen molar-refractivity contribution in [1.82, 2.24) is 5.32 Å². The number of hydrogen-bond donors (Lipinski definition) is 2. The highest BCUT2D eigenvalue weighted by Crippen LogP contribution is 2.47. The zero-order chi connectivity index (χ0) is 28.6. The van der Waals surface area contributed by atoms with Crippen LogP contribution >= 0.6 is 11.3 Å². The van der Waals surface area contributed by atoms with Crippen LogP contribution in [0, 0.1) is 11.3 Å². The fraction of sp³-hybridized carbons (Fsp3) is 0.419. The first kappa shape index (κ1) is 27.8. The monoisotopic (exact) mass is 564 g/mol. The highest BCUT2D eigenvalue weighted by molar-refractivity contribution is 7.16. The summed E-state index contributed by atoms with van der Waals surface area (Å²) in [6.45, 7) is 6.96. The Morgan fingerprint density at radius 1 is 1.02 bits per heavy atom. The van der Waals surface area contributed by atoms with Crippen LogP contribution in [0.25, 0.3) is 0 Å². The summed E-state index contributed by atoms with van der Waals surface area (Å²) in [5.74, 6) is 1.52. The molecule has 1 amide bonds. The average molecular weight is 565 g/mol. The maximum atomic E-state index is 13.2. The summed E-state index contributed by atoms with van der Waals surface area (Å²) in [4.78, 5) is 27.4. The molecular formula is C31H36N2O6S. The Labute approximate surface area is 239 Å². The number of benzene rings is 2. The summed E-state index contributed by atoms with van der Waals surface area (Å²) in [5, 5.41) is 7.58. The molecule has 0 saturated heterocycles. The van der Waals surface area contributed by atoms with Gasteiger partial charge in [-0.15, -0.1) is 11.3 Å². The number of fused-ring (bicyclic) bond motifs is 3. The largest absolute Gasteiger partial charge is 0.493 e. The number of nitrogens with one attached hydrogen (secondary N) is 2. The minimum atomic E-state index is -0.561. The second-order valence-corrected chi connectivity index (χ2v) is 12.0. The first-order valence-corrected chi connectivity index (χ1v) is 14.3. The van der Waals surface area contributed by atoms with Gasteiger partial charge in [-0.3, -0.25) is 4.79 Å². The number of rotatable bonds is 8. The zero-order valence-corrected chi connectivity index (χ0v) is 24.6. The van der Waals surface area contributed by atoms with E-state index < -0.39 is 5.97 Å². The maximum Gasteiger partial charge on any atom is 0.343 e. The lowest BCUT2D eigenvalue weighted by molar-refractivity contribution is 0.0733. The van der Waals surface area contributed by atoms with Crippen LogP contribution in [0.5, 0.6) is 23.0 Å². The van der Waals surface area contributed by atoms with Crippen LogP contribution in [0.3, 0.4) is 0 Å². The molecule has 0 spiro atoms. The molecule has 2 N–H and O–H groups in total. The minimum Gasteiger partial charge on any atom is -0.493 e. The molecule has 1 aliphatic carbocycles. The van der Waals surface area contributed by atoms with Gasteiger partial charge in [-0.25, -0.2) is 4.79 Å². The topological polar surface area (TPSA) is 95.1 Å². The Morgan fingerprint density at radius 2 is 1.70 bits per heavy atom. The van der Waals surface area contributed by atoms with Crippen molar-refractivity contribution in [3.8, 4) is 23.0 Å². The van der Waals surface area contributed by atoms with E-state index in [4.69, 9.17) is 18.9 Å². The van der Waals surface area contributed by atoms with Gasteiger partial charge in [-0.2, -0.15) is 0 Å². The summed E-state index contributed by atoms with van der Waals surface area (Å²) in [7, 11) is 4.48. The van der Waals surface area contributed by atoms with Gasteiger partial charge < -0.3 is 29.6 Å². The lowest BCUT2D eigenvalue weighted by Crippen LogP contribution is -2.38. The van der Waals surface area contributed by atoms with Crippen LogP contribution in [0.4, 0.5) is 5.00 Å². The van der Waals surface area contributed by atoms with E-state index in [9.17, 15) is 9.59 Å². The Bertz CT molecular complexity index is 1400. The highest BCUT2D eigenvalue weighted by atomic mass is 32.1. The first-order valence-electron chi connectivity index (χ1n) is 13.5. The third kappa shape index (κ3) is 5.10. The molecule has 2 unspecified atom stereocenters. The first-order chi connectivity index (χ1) is 19.2. The van der Waals surface area contributed by atoms with Gasteiger partial charge in [0.1, 0.15) is 16.9 Å². The summed E-state index contributed by atoms with van der Waals surface area (Å²) < 4.78 is 21.6. The molecule has 2 atom stereocenters. The SMILES string of the molecule is CCC(C)(C)C1CCc2c(sc3c2C(=O)NC(c2ccc(OC(=O)c4cc(OC)c(OC)c(OC)c4)cc2)N3)C1. The molecule has 1 aromatic heterocycles. The maximum absolute atomic E-state index is 13.2. The van der Waals surface area contributed by atoms with Crippen molar-refractivity contribution in [2.75, 3.05) is 26.6 Å². The van der Waals surface area contributed by atoms with Crippen molar-refractivity contribution in [1.29, 1.82) is 0 Å². The fourth-order valence-electron chi connectivity index (χ4n) is 5.51. The number of thiophene rings is 1. The second-order valence-electron chi connectivity index (χ2n) is 10.9. The van der Waals surface area contributed by atoms with E-state index in [0.717, 1.165) is 41.8 Å². The van der Waals surface area contributed by atoms with Crippen LogP contribution in [-0.4, -0.2) is 33.2 Å². The van der Waals surface area contributed by atoms with E-state index in [0.29, 0.717) is 28.9 Å². The van der Waals surface area contributed by atoms with E-state index in [1.54, 1.807) is 35.6 Å². The molecule has 40 heavy (non-hydrogen) atoms. The van der Waals surface area contributed by atoms with Crippen molar-refractivity contribution in [3.05, 3.63) is 63.5 Å². The number of ether oxygens (including phenoxy) is 4. The van der Waals surface area contributed by atoms with Crippen molar-refractivity contribution in [3.63, 3.8) is 0 Å². The number of carbonyl (C=O) groups is 2. The third-order valence-corrected chi connectivity index (χ3v) is 9.57. The fourth-order valence-corrected chi connectivity index (χ4v) is 6.87. The van der Waals surface area contributed by atoms with Gasteiger partial charge in [0.05, 0.1) is 32.5 Å². The molecule has 0 fully saturated rings. The lowest BCUT2D eigenvalue weighted by atomic mass is 9.69. The number of carbonyl (C=O) groups excluding carboxylic acids is 2. The van der Waals surface area contributed by atoms with Gasteiger partial charge in [0, 0.05) is 4.88 Å². The second kappa shape index (κ2) is 11.0. The molecule has 212 valence electrons. The number of amides is 1. The van der Waals surface area contributed by atoms with Crippen molar-refractivity contribution in [2.45, 2.75) is 52.6 Å². The molecule has 8 nitrogen and oxygen atoms in total. The molecule has 5 rings (SSSR count). The van der Waals surface area contributed by atoms with Crippen molar-refractivity contribution in [2.24, 2.45) is 11.3 Å². The Hall–Kier alpha value is -3.72. The van der Waals surface area contributed by atoms with Gasteiger partial charge in [-0.05, 0) is 66.0 Å². The van der Waals surface area contributed by atoms with Crippen molar-refractivity contribution >= 4 is 28.2 Å². The lowest BCUT2D eigenvalue weighted by Gasteiger charge is -2.36. The van der Waals surface area contributed by atoms with Crippen LogP contribution in [0.15, 0.2) is 36.4 Å². The number of esters is 1. The van der Waals surface area contributed by atoms with E-state index in [2.05, 4.69) is 31.4 Å². The van der Waals surface area contributed by atoms with Gasteiger partial charge >= 0.3 is 5.97 Å². The molecule has 0 saturated carbocycles. The summed E-state index contributed by atoms with van der Waals surface area (Å²) in [6, 6.07) is 10.2. The van der Waals surface area contributed by atoms with E-state index in [1.807, 2.05) is 12.1 Å². The van der Waals surface area contributed by atoms with Gasteiger partial charge in [0.25, 0.3) is 5.91 Å². The summed E-state index contributed by atoms with van der Waals surface area (Å²) in [6.07, 6.45) is 3.86. The van der Waals surface area contributed by atoms with E-state index >= 15 is 0 Å². The minimum absolute atomic E-state index is 0.0395. The Morgan fingerprint density at radius 3 is 2.30 bits per heavy atom. The predicted molar refractivity (Wildman–Crippen MR) is 155 cm³/mol. The smallest absolute Gasteiger partial charge is 0.343 e. The van der Waals surface area contributed by atoms with Crippen LogP contribution in [0.1, 0.15) is 76.5 Å². The van der Waals surface area contributed by atoms with Crippen LogP contribution in [0.2, 0.25) is 0 Å². The molecule has 0 radical (unpaired) electrons. The van der Waals surface area contributed by atoms with Gasteiger partial charge in [-0.1, -0.05) is 39.3 Å². The summed E-state index contributed by atoms with van der Waals surface area (Å²) in [5.41, 5.74) is 3.43. The number of methoxy groups -OCH3 is 3. The number of anilines is 1. The van der Waals surface area contributed by atoms with Gasteiger partial charge in [0.2, 0.25) is 5.75 Å². The summed E-state index contributed by atoms with van der Waals surface area (Å²) >= 11 is 1.72. The number of hydrogen-bond acceptors (Lipinski definition) is 8. The molecular weight excluding hydrogens is 528 g/mol. The van der Waals surface area contributed by atoms with Crippen LogP contribution in [-0.2, 0) is 12.8 Å². The van der Waals surface area contributed by atoms with E-state index in [-0.39, 0.29) is 23.1 Å². The Kier molecular flexibility index (Phi) is 7.68. The third-order valence-electron chi connectivity index (χ3n) is 8.38.